The molecule has 3 aromatic rings. The number of esters is 1. The van der Waals surface area contributed by atoms with E-state index in [1.165, 1.54) is 24.3 Å². The molecular formula is C26H24O12. The highest BCUT2D eigenvalue weighted by Crippen LogP contribution is 2.39. The summed E-state index contributed by atoms with van der Waals surface area (Å²) in [5, 5.41) is 60.7. The molecule has 1 aliphatic carbocycles. The molecule has 1 aromatic heterocycles. The summed E-state index contributed by atoms with van der Waals surface area (Å²) in [5.41, 5.74) is 0.343. The van der Waals surface area contributed by atoms with E-state index in [0.29, 0.717) is 11.1 Å². The van der Waals surface area contributed by atoms with Gasteiger partial charge < -0.3 is 49.3 Å². The Kier molecular flexibility index (Phi) is 6.39. The molecule has 1 fully saturated rings. The van der Waals surface area contributed by atoms with Gasteiger partial charge in [-0.05, 0) is 17.7 Å². The molecule has 4 atom stereocenters. The van der Waals surface area contributed by atoms with Crippen LogP contribution >= 0.6 is 0 Å². The number of phenols is 4. The molecular weight excluding hydrogens is 504 g/mol. The topological polar surface area (TPSA) is 196 Å². The predicted octanol–water partition coefficient (Wildman–Crippen LogP) is 1.15. The van der Waals surface area contributed by atoms with Crippen LogP contribution in [0.25, 0.3) is 16.5 Å². The van der Waals surface area contributed by atoms with Crippen molar-refractivity contribution in [3.8, 4) is 23.0 Å². The van der Waals surface area contributed by atoms with Gasteiger partial charge in [0, 0.05) is 43.0 Å². The second-order valence-corrected chi connectivity index (χ2v) is 9.08. The quantitative estimate of drug-likeness (QED) is 0.209. The first-order valence-electron chi connectivity index (χ1n) is 11.6. The van der Waals surface area contributed by atoms with Gasteiger partial charge in [-0.15, -0.1) is 0 Å². The van der Waals surface area contributed by atoms with E-state index in [-0.39, 0.29) is 59.0 Å². The fourth-order valence-electron chi connectivity index (χ4n) is 4.66. The van der Waals surface area contributed by atoms with Gasteiger partial charge in [-0.25, -0.2) is 0 Å². The smallest absolute Gasteiger partial charge is 0.303 e. The SMILES string of the molecule is CC(=O)O[C@@H]1[C@@H](O)[C@H](OC2=C(c3ccc(O)c(O)c3)Cc3oc4cc(O)cc(O)c4c(=O)c3C2)OC[C@@H]1O. The summed E-state index contributed by atoms with van der Waals surface area (Å²) in [5.74, 6) is -1.93. The maximum Gasteiger partial charge on any atom is 0.303 e. The minimum absolute atomic E-state index is 0.0345. The van der Waals surface area contributed by atoms with Crippen LogP contribution in [-0.2, 0) is 31.8 Å². The molecule has 1 aliphatic heterocycles. The third-order valence-corrected chi connectivity index (χ3v) is 6.46. The van der Waals surface area contributed by atoms with Crippen LogP contribution in [0.1, 0.15) is 23.8 Å². The van der Waals surface area contributed by atoms with E-state index >= 15 is 0 Å². The van der Waals surface area contributed by atoms with Gasteiger partial charge in [0.15, 0.2) is 29.1 Å². The van der Waals surface area contributed by atoms with Crippen LogP contribution in [0.15, 0.2) is 45.3 Å². The van der Waals surface area contributed by atoms with E-state index in [0.717, 1.165) is 13.0 Å². The molecule has 0 spiro atoms. The number of ether oxygens (including phenoxy) is 3. The molecule has 0 radical (unpaired) electrons. The number of benzene rings is 2. The molecule has 2 aliphatic rings. The van der Waals surface area contributed by atoms with Crippen molar-refractivity contribution in [2.75, 3.05) is 6.61 Å². The summed E-state index contributed by atoms with van der Waals surface area (Å²) in [7, 11) is 0. The van der Waals surface area contributed by atoms with Gasteiger partial charge >= 0.3 is 5.97 Å². The lowest BCUT2D eigenvalue weighted by atomic mass is 9.89. The van der Waals surface area contributed by atoms with Gasteiger partial charge in [-0.2, -0.15) is 0 Å². The summed E-state index contributed by atoms with van der Waals surface area (Å²) in [6.45, 7) is 0.808. The number of aliphatic hydroxyl groups excluding tert-OH is 2. The fourth-order valence-corrected chi connectivity index (χ4v) is 4.66. The Hall–Kier alpha value is -4.26. The maximum atomic E-state index is 13.3. The number of carbonyl (C=O) groups excluding carboxylic acids is 1. The summed E-state index contributed by atoms with van der Waals surface area (Å²) >= 11 is 0. The van der Waals surface area contributed by atoms with E-state index in [1.807, 2.05) is 0 Å². The highest BCUT2D eigenvalue weighted by atomic mass is 16.7. The molecule has 38 heavy (non-hydrogen) atoms. The third kappa shape index (κ3) is 4.49. The first-order chi connectivity index (χ1) is 18.0. The molecule has 0 amide bonds. The van der Waals surface area contributed by atoms with Crippen LogP contribution in [-0.4, -0.2) is 67.8 Å². The van der Waals surface area contributed by atoms with Crippen LogP contribution in [0.5, 0.6) is 23.0 Å². The number of fused-ring (bicyclic) bond motifs is 2. The predicted molar refractivity (Wildman–Crippen MR) is 128 cm³/mol. The lowest BCUT2D eigenvalue weighted by Crippen LogP contribution is -2.55. The molecule has 200 valence electrons. The molecule has 12 nitrogen and oxygen atoms in total. The Morgan fingerprint density at radius 1 is 1.00 bits per heavy atom. The first-order valence-corrected chi connectivity index (χ1v) is 11.6. The van der Waals surface area contributed by atoms with Crippen molar-refractivity contribution in [2.45, 2.75) is 44.4 Å². The van der Waals surface area contributed by atoms with Crippen LogP contribution < -0.4 is 5.43 Å². The highest BCUT2D eigenvalue weighted by Gasteiger charge is 2.43. The zero-order chi connectivity index (χ0) is 27.3. The highest BCUT2D eigenvalue weighted by molar-refractivity contribution is 5.86. The minimum Gasteiger partial charge on any atom is -0.508 e. The minimum atomic E-state index is -1.59. The van der Waals surface area contributed by atoms with Crippen LogP contribution in [0, 0.1) is 0 Å². The standard InChI is InChI=1S/C26H24O12/c1-10(27)36-25-18(32)9-35-26(24(25)34)38-19-8-14-20(7-13(19)11-2-3-15(29)16(30)4-11)37-21-6-12(28)5-17(31)22(21)23(14)33/h2-6,18,24-26,28-32,34H,7-9H2,1H3/t18-,24+,25-,26-/m0/s1. The van der Waals surface area contributed by atoms with Gasteiger partial charge in [0.2, 0.25) is 6.29 Å². The first kappa shape index (κ1) is 25.4. The number of hydrogen-bond acceptors (Lipinski definition) is 12. The number of phenolic OH excluding ortho intramolecular Hbond substituents is 4. The number of allylic oxidation sites excluding steroid dienone is 2. The third-order valence-electron chi connectivity index (χ3n) is 6.46. The van der Waals surface area contributed by atoms with Gasteiger partial charge in [0.1, 0.15) is 40.1 Å². The van der Waals surface area contributed by atoms with E-state index in [2.05, 4.69) is 0 Å². The second kappa shape index (κ2) is 9.56. The molecule has 6 N–H and O–H groups in total. The van der Waals surface area contributed by atoms with Crippen molar-refractivity contribution in [3.05, 3.63) is 63.2 Å². The van der Waals surface area contributed by atoms with Crippen LogP contribution in [0.2, 0.25) is 0 Å². The molecule has 12 heteroatoms. The van der Waals surface area contributed by atoms with Gasteiger partial charge in [0.05, 0.1) is 6.61 Å². The molecule has 0 saturated carbocycles. The zero-order valence-corrected chi connectivity index (χ0v) is 20.0. The van der Waals surface area contributed by atoms with E-state index in [1.54, 1.807) is 0 Å². The zero-order valence-electron chi connectivity index (χ0n) is 20.0. The van der Waals surface area contributed by atoms with Crippen molar-refractivity contribution in [3.63, 3.8) is 0 Å². The number of aromatic hydroxyl groups is 4. The summed E-state index contributed by atoms with van der Waals surface area (Å²) in [6, 6.07) is 6.25. The van der Waals surface area contributed by atoms with E-state index in [9.17, 15) is 40.2 Å². The monoisotopic (exact) mass is 528 g/mol. The summed E-state index contributed by atoms with van der Waals surface area (Å²) < 4.78 is 22.4. The lowest BCUT2D eigenvalue weighted by Gasteiger charge is -2.38. The Balaban J connectivity index is 1.60. The average molecular weight is 528 g/mol. The van der Waals surface area contributed by atoms with Gasteiger partial charge in [0.25, 0.3) is 0 Å². The van der Waals surface area contributed by atoms with Crippen molar-refractivity contribution in [1.82, 2.24) is 0 Å². The van der Waals surface area contributed by atoms with Crippen molar-refractivity contribution in [1.29, 1.82) is 0 Å². The number of rotatable bonds is 4. The normalized spacial score (nSPS) is 23.2. The fraction of sp³-hybridized carbons (Fsp3) is 0.308. The Morgan fingerprint density at radius 3 is 2.47 bits per heavy atom. The van der Waals surface area contributed by atoms with Gasteiger partial charge in [-0.1, -0.05) is 6.07 Å². The maximum absolute atomic E-state index is 13.3. The summed E-state index contributed by atoms with van der Waals surface area (Å²) in [4.78, 5) is 24.8. The Morgan fingerprint density at radius 2 is 1.76 bits per heavy atom. The van der Waals surface area contributed by atoms with Gasteiger partial charge in [-0.3, -0.25) is 9.59 Å². The number of hydrogen-bond donors (Lipinski definition) is 6. The molecule has 0 bridgehead atoms. The molecule has 2 aromatic carbocycles. The molecule has 0 unspecified atom stereocenters. The van der Waals surface area contributed by atoms with Crippen LogP contribution in [0.3, 0.4) is 0 Å². The molecule has 1 saturated heterocycles. The average Bonchev–Trinajstić information content (AvgIpc) is 2.84. The number of aliphatic hydroxyl groups is 2. The molecule has 5 rings (SSSR count). The second-order valence-electron chi connectivity index (χ2n) is 9.08. The van der Waals surface area contributed by atoms with Crippen molar-refractivity contribution >= 4 is 22.5 Å². The Labute approximate surface area is 214 Å². The Bertz CT molecular complexity index is 1520. The van der Waals surface area contributed by atoms with E-state index in [4.69, 9.17) is 18.6 Å². The summed E-state index contributed by atoms with van der Waals surface area (Å²) in [6.07, 6.45) is -5.86. The van der Waals surface area contributed by atoms with Crippen molar-refractivity contribution < 1.29 is 54.1 Å². The van der Waals surface area contributed by atoms with E-state index < -0.39 is 47.5 Å². The van der Waals surface area contributed by atoms with Crippen LogP contribution in [0.4, 0.5) is 0 Å². The molecule has 2 heterocycles. The number of carbonyl (C=O) groups is 1. The van der Waals surface area contributed by atoms with Crippen molar-refractivity contribution in [2.24, 2.45) is 0 Å². The lowest BCUT2D eigenvalue weighted by molar-refractivity contribution is -0.263. The largest absolute Gasteiger partial charge is 0.508 e.